The summed E-state index contributed by atoms with van der Waals surface area (Å²) in [5, 5.41) is 1.51. The molecule has 0 unspecified atom stereocenters. The maximum Gasteiger partial charge on any atom is 0.310 e. The van der Waals surface area contributed by atoms with Crippen molar-refractivity contribution in [2.45, 2.75) is 6.42 Å². The van der Waals surface area contributed by atoms with Gasteiger partial charge in [-0.25, -0.2) is 0 Å². The Morgan fingerprint density at radius 1 is 1.08 bits per heavy atom. The van der Waals surface area contributed by atoms with Gasteiger partial charge in [-0.2, -0.15) is 0 Å². The minimum Gasteiger partial charge on any atom is -0.497 e. The third-order valence-electron chi connectivity index (χ3n) is 3.63. The summed E-state index contributed by atoms with van der Waals surface area (Å²) in [7, 11) is 1.59. The Labute approximate surface area is 150 Å². The van der Waals surface area contributed by atoms with Crippen LogP contribution in [0.15, 0.2) is 53.1 Å². The van der Waals surface area contributed by atoms with Crippen LogP contribution in [0.25, 0.3) is 11.0 Å². The van der Waals surface area contributed by atoms with E-state index >= 15 is 0 Å². The molecule has 0 saturated heterocycles. The maximum atomic E-state index is 12.0. The van der Waals surface area contributed by atoms with Gasteiger partial charge in [0.05, 0.1) is 19.8 Å². The van der Waals surface area contributed by atoms with Crippen LogP contribution in [0, 0.1) is 0 Å². The van der Waals surface area contributed by atoms with Crippen molar-refractivity contribution in [2.24, 2.45) is 0 Å². The Kier molecular flexibility index (Phi) is 5.46. The van der Waals surface area contributed by atoms with Crippen molar-refractivity contribution in [1.82, 2.24) is 0 Å². The monoisotopic (exact) mass is 360 g/mol. The van der Waals surface area contributed by atoms with Crippen molar-refractivity contribution in [3.63, 3.8) is 0 Å². The molecule has 2 aromatic carbocycles. The molecule has 130 valence electrons. The molecule has 3 rings (SSSR count). The number of benzene rings is 2. The van der Waals surface area contributed by atoms with Crippen molar-refractivity contribution in [2.75, 3.05) is 20.3 Å². The summed E-state index contributed by atoms with van der Waals surface area (Å²) in [6.07, 6.45) is 1.70. The Bertz CT molecular complexity index is 854. The predicted molar refractivity (Wildman–Crippen MR) is 94.4 cm³/mol. The molecule has 0 bridgehead atoms. The highest BCUT2D eigenvalue weighted by molar-refractivity contribution is 6.30. The number of rotatable bonds is 7. The van der Waals surface area contributed by atoms with Gasteiger partial charge >= 0.3 is 5.97 Å². The van der Waals surface area contributed by atoms with E-state index in [0.717, 1.165) is 10.9 Å². The van der Waals surface area contributed by atoms with Crippen molar-refractivity contribution < 1.29 is 23.4 Å². The first kappa shape index (κ1) is 17.2. The lowest BCUT2D eigenvalue weighted by atomic mass is 10.1. The molecule has 0 radical (unpaired) electrons. The fourth-order valence-electron chi connectivity index (χ4n) is 2.38. The van der Waals surface area contributed by atoms with Gasteiger partial charge < -0.3 is 18.6 Å². The van der Waals surface area contributed by atoms with Gasteiger partial charge in [0.2, 0.25) is 0 Å². The number of methoxy groups -OCH3 is 1. The first-order valence-corrected chi connectivity index (χ1v) is 8.11. The number of furan rings is 1. The number of carbonyl (C=O) groups excluding carboxylic acids is 1. The largest absolute Gasteiger partial charge is 0.497 e. The lowest BCUT2D eigenvalue weighted by Crippen LogP contribution is -2.13. The smallest absolute Gasteiger partial charge is 0.310 e. The van der Waals surface area contributed by atoms with E-state index in [9.17, 15) is 4.79 Å². The van der Waals surface area contributed by atoms with Crippen LogP contribution in [0.4, 0.5) is 0 Å². The zero-order chi connectivity index (χ0) is 17.6. The second-order valence-electron chi connectivity index (χ2n) is 5.32. The average Bonchev–Trinajstić information content (AvgIpc) is 3.02. The normalized spacial score (nSPS) is 10.6. The third-order valence-corrected chi connectivity index (χ3v) is 3.88. The van der Waals surface area contributed by atoms with Crippen LogP contribution in [-0.4, -0.2) is 26.3 Å². The molecule has 5 nitrogen and oxygen atoms in total. The topological polar surface area (TPSA) is 57.9 Å². The summed E-state index contributed by atoms with van der Waals surface area (Å²) in [6.45, 7) is 0.446. The molecule has 3 aromatic rings. The number of ether oxygens (including phenoxy) is 3. The van der Waals surface area contributed by atoms with Crippen LogP contribution in [0.3, 0.4) is 0 Å². The van der Waals surface area contributed by atoms with Crippen molar-refractivity contribution >= 4 is 28.5 Å². The lowest BCUT2D eigenvalue weighted by Gasteiger charge is -2.07. The Morgan fingerprint density at radius 2 is 1.84 bits per heavy atom. The molecule has 1 heterocycles. The standard InChI is InChI=1S/C19H17ClO5/c1-22-16-6-7-17-13(12-25-18(17)11-16)10-19(21)24-9-8-23-15-4-2-14(20)3-5-15/h2-7,11-12H,8-10H2,1H3. The summed E-state index contributed by atoms with van der Waals surface area (Å²) in [6, 6.07) is 12.5. The quantitative estimate of drug-likeness (QED) is 0.465. The highest BCUT2D eigenvalue weighted by Gasteiger charge is 2.12. The van der Waals surface area contributed by atoms with Gasteiger partial charge in [-0.05, 0) is 36.4 Å². The molecule has 0 saturated carbocycles. The van der Waals surface area contributed by atoms with Gasteiger partial charge in [0.1, 0.15) is 30.3 Å². The van der Waals surface area contributed by atoms with Crippen LogP contribution in [0.2, 0.25) is 5.02 Å². The molecule has 0 N–H and O–H groups in total. The van der Waals surface area contributed by atoms with Crippen LogP contribution in [0.5, 0.6) is 11.5 Å². The van der Waals surface area contributed by atoms with E-state index in [1.54, 1.807) is 43.7 Å². The van der Waals surface area contributed by atoms with Crippen LogP contribution in [-0.2, 0) is 16.0 Å². The van der Waals surface area contributed by atoms with Gasteiger partial charge in [-0.15, -0.1) is 0 Å². The van der Waals surface area contributed by atoms with Gasteiger partial charge in [0.15, 0.2) is 0 Å². The SMILES string of the molecule is COc1ccc2c(CC(=O)OCCOc3ccc(Cl)cc3)coc2c1. The van der Waals surface area contributed by atoms with E-state index in [-0.39, 0.29) is 25.6 Å². The molecular weight excluding hydrogens is 344 g/mol. The van der Waals surface area contributed by atoms with Crippen LogP contribution < -0.4 is 9.47 Å². The average molecular weight is 361 g/mol. The minimum atomic E-state index is -0.335. The second-order valence-corrected chi connectivity index (χ2v) is 5.76. The molecular formula is C19H17ClO5. The van der Waals surface area contributed by atoms with E-state index in [1.165, 1.54) is 0 Å². The summed E-state index contributed by atoms with van der Waals surface area (Å²) < 4.78 is 21.3. The van der Waals surface area contributed by atoms with Crippen molar-refractivity contribution in [3.05, 3.63) is 59.3 Å². The number of halogens is 1. The fraction of sp³-hybridized carbons (Fsp3) is 0.211. The molecule has 0 amide bonds. The van der Waals surface area contributed by atoms with E-state index in [4.69, 9.17) is 30.2 Å². The summed E-state index contributed by atoms with van der Waals surface area (Å²) in [4.78, 5) is 12.0. The van der Waals surface area contributed by atoms with E-state index in [2.05, 4.69) is 0 Å². The first-order chi connectivity index (χ1) is 12.2. The number of carbonyl (C=O) groups is 1. The molecule has 0 aliphatic heterocycles. The zero-order valence-electron chi connectivity index (χ0n) is 13.7. The van der Waals surface area contributed by atoms with E-state index in [1.807, 2.05) is 12.1 Å². The highest BCUT2D eigenvalue weighted by Crippen LogP contribution is 2.26. The number of hydrogen-bond acceptors (Lipinski definition) is 5. The summed E-state index contributed by atoms with van der Waals surface area (Å²) in [5.74, 6) is 1.05. The minimum absolute atomic E-state index is 0.139. The lowest BCUT2D eigenvalue weighted by molar-refractivity contribution is -0.143. The van der Waals surface area contributed by atoms with Gasteiger partial charge in [0, 0.05) is 22.0 Å². The Hall–Kier alpha value is -2.66. The van der Waals surface area contributed by atoms with Gasteiger partial charge in [0.25, 0.3) is 0 Å². The fourth-order valence-corrected chi connectivity index (χ4v) is 2.51. The molecule has 0 aliphatic rings. The van der Waals surface area contributed by atoms with Crippen LogP contribution in [0.1, 0.15) is 5.56 Å². The molecule has 0 atom stereocenters. The number of hydrogen-bond donors (Lipinski definition) is 0. The zero-order valence-corrected chi connectivity index (χ0v) is 14.4. The molecule has 0 fully saturated rings. The van der Waals surface area contributed by atoms with Crippen molar-refractivity contribution in [3.8, 4) is 11.5 Å². The van der Waals surface area contributed by atoms with E-state index in [0.29, 0.717) is 22.1 Å². The molecule has 0 aliphatic carbocycles. The van der Waals surface area contributed by atoms with Crippen molar-refractivity contribution in [1.29, 1.82) is 0 Å². The van der Waals surface area contributed by atoms with Gasteiger partial charge in [-0.3, -0.25) is 4.79 Å². The molecule has 1 aromatic heterocycles. The molecule has 6 heteroatoms. The number of esters is 1. The Morgan fingerprint density at radius 3 is 2.60 bits per heavy atom. The Balaban J connectivity index is 1.48. The maximum absolute atomic E-state index is 12.0. The molecule has 25 heavy (non-hydrogen) atoms. The third kappa shape index (κ3) is 4.45. The summed E-state index contributed by atoms with van der Waals surface area (Å²) >= 11 is 5.80. The number of fused-ring (bicyclic) bond motifs is 1. The van der Waals surface area contributed by atoms with Gasteiger partial charge in [-0.1, -0.05) is 11.6 Å². The summed E-state index contributed by atoms with van der Waals surface area (Å²) in [5.41, 5.74) is 1.45. The van der Waals surface area contributed by atoms with E-state index < -0.39 is 0 Å². The highest BCUT2D eigenvalue weighted by atomic mass is 35.5. The van der Waals surface area contributed by atoms with Crippen LogP contribution >= 0.6 is 11.6 Å². The second kappa shape index (κ2) is 7.94. The first-order valence-electron chi connectivity index (χ1n) is 7.74. The molecule has 0 spiro atoms. The predicted octanol–water partition coefficient (Wildman–Crippen LogP) is 4.26.